The molecule has 1 aromatic heterocycles. The number of rotatable bonds is 8. The van der Waals surface area contributed by atoms with Crippen LogP contribution in [0.25, 0.3) is 0 Å². The van der Waals surface area contributed by atoms with Gasteiger partial charge >= 0.3 is 0 Å². The number of hydrogen-bond donors (Lipinski definition) is 1. The molecule has 1 heterocycles. The average molecular weight is 342 g/mol. The SMILES string of the molecule is CCCN(CCC(=O)NC(C)c1ccccc1)C(=O)c1ccoc1C. The number of benzene rings is 1. The van der Waals surface area contributed by atoms with Gasteiger partial charge in [-0.2, -0.15) is 0 Å². The van der Waals surface area contributed by atoms with E-state index < -0.39 is 0 Å². The second kappa shape index (κ2) is 9.06. The van der Waals surface area contributed by atoms with E-state index >= 15 is 0 Å². The zero-order valence-electron chi connectivity index (χ0n) is 15.1. The minimum Gasteiger partial charge on any atom is -0.469 e. The molecule has 2 amide bonds. The Hall–Kier alpha value is -2.56. The van der Waals surface area contributed by atoms with Crippen molar-refractivity contribution in [2.45, 2.75) is 39.7 Å². The second-order valence-electron chi connectivity index (χ2n) is 6.13. The Bertz CT molecular complexity index is 694. The van der Waals surface area contributed by atoms with Gasteiger partial charge in [-0.15, -0.1) is 0 Å². The Morgan fingerprint density at radius 2 is 1.88 bits per heavy atom. The van der Waals surface area contributed by atoms with E-state index in [1.165, 1.54) is 6.26 Å². The quantitative estimate of drug-likeness (QED) is 0.795. The highest BCUT2D eigenvalue weighted by Gasteiger charge is 2.20. The molecule has 0 saturated carbocycles. The van der Waals surface area contributed by atoms with Crippen LogP contribution in [-0.4, -0.2) is 29.8 Å². The molecule has 0 aliphatic heterocycles. The molecule has 0 bridgehead atoms. The molecule has 1 unspecified atom stereocenters. The van der Waals surface area contributed by atoms with Crippen LogP contribution in [-0.2, 0) is 4.79 Å². The van der Waals surface area contributed by atoms with Gasteiger partial charge in [0.25, 0.3) is 5.91 Å². The lowest BCUT2D eigenvalue weighted by atomic mass is 10.1. The lowest BCUT2D eigenvalue weighted by molar-refractivity contribution is -0.121. The number of amides is 2. The zero-order chi connectivity index (χ0) is 18.2. The molecule has 0 aliphatic rings. The van der Waals surface area contributed by atoms with Crippen LogP contribution in [0, 0.1) is 6.92 Å². The predicted molar refractivity (Wildman–Crippen MR) is 97.3 cm³/mol. The van der Waals surface area contributed by atoms with Gasteiger partial charge in [0.05, 0.1) is 17.9 Å². The fourth-order valence-corrected chi connectivity index (χ4v) is 2.74. The van der Waals surface area contributed by atoms with E-state index in [4.69, 9.17) is 4.42 Å². The molecule has 2 aromatic rings. The molecule has 5 nitrogen and oxygen atoms in total. The van der Waals surface area contributed by atoms with E-state index in [0.29, 0.717) is 24.4 Å². The summed E-state index contributed by atoms with van der Waals surface area (Å²) in [7, 11) is 0. The van der Waals surface area contributed by atoms with Crippen LogP contribution < -0.4 is 5.32 Å². The Morgan fingerprint density at radius 1 is 1.16 bits per heavy atom. The Labute approximate surface area is 149 Å². The molecule has 1 atom stereocenters. The number of furan rings is 1. The van der Waals surface area contributed by atoms with Crippen molar-refractivity contribution < 1.29 is 14.0 Å². The maximum absolute atomic E-state index is 12.6. The second-order valence-corrected chi connectivity index (χ2v) is 6.13. The van der Waals surface area contributed by atoms with Gasteiger partial charge in [0.1, 0.15) is 5.76 Å². The van der Waals surface area contributed by atoms with Gasteiger partial charge in [0.2, 0.25) is 5.91 Å². The fourth-order valence-electron chi connectivity index (χ4n) is 2.74. The maximum Gasteiger partial charge on any atom is 0.257 e. The van der Waals surface area contributed by atoms with Crippen molar-refractivity contribution in [3.8, 4) is 0 Å². The highest BCUT2D eigenvalue weighted by atomic mass is 16.3. The smallest absolute Gasteiger partial charge is 0.257 e. The van der Waals surface area contributed by atoms with Crippen LogP contribution in [0.1, 0.15) is 54.4 Å². The lowest BCUT2D eigenvalue weighted by Crippen LogP contribution is -2.36. The number of carbonyl (C=O) groups is 2. The molecular weight excluding hydrogens is 316 g/mol. The molecule has 0 saturated heterocycles. The summed E-state index contributed by atoms with van der Waals surface area (Å²) in [5, 5.41) is 2.98. The van der Waals surface area contributed by atoms with E-state index in [2.05, 4.69) is 5.32 Å². The minimum atomic E-state index is -0.0861. The third-order valence-electron chi connectivity index (χ3n) is 4.16. The number of hydrogen-bond acceptors (Lipinski definition) is 3. The first-order valence-electron chi connectivity index (χ1n) is 8.70. The van der Waals surface area contributed by atoms with E-state index in [1.807, 2.05) is 44.2 Å². The van der Waals surface area contributed by atoms with E-state index in [0.717, 1.165) is 12.0 Å². The van der Waals surface area contributed by atoms with Gasteiger partial charge in [-0.1, -0.05) is 37.3 Å². The van der Waals surface area contributed by atoms with Crippen LogP contribution in [0.5, 0.6) is 0 Å². The van der Waals surface area contributed by atoms with E-state index in [-0.39, 0.29) is 24.3 Å². The summed E-state index contributed by atoms with van der Waals surface area (Å²) in [5.41, 5.74) is 1.62. The molecule has 5 heteroatoms. The van der Waals surface area contributed by atoms with Crippen molar-refractivity contribution in [3.63, 3.8) is 0 Å². The van der Waals surface area contributed by atoms with Crippen molar-refractivity contribution in [3.05, 3.63) is 59.5 Å². The predicted octanol–water partition coefficient (Wildman–Crippen LogP) is 3.71. The van der Waals surface area contributed by atoms with E-state index in [9.17, 15) is 9.59 Å². The van der Waals surface area contributed by atoms with Crippen molar-refractivity contribution in [1.82, 2.24) is 10.2 Å². The van der Waals surface area contributed by atoms with Crippen molar-refractivity contribution in [2.24, 2.45) is 0 Å². The lowest BCUT2D eigenvalue weighted by Gasteiger charge is -2.22. The van der Waals surface area contributed by atoms with Crippen molar-refractivity contribution in [1.29, 1.82) is 0 Å². The van der Waals surface area contributed by atoms with Crippen LogP contribution in [0.4, 0.5) is 0 Å². The molecule has 134 valence electrons. The molecular formula is C20H26N2O3. The van der Waals surface area contributed by atoms with Crippen molar-refractivity contribution in [2.75, 3.05) is 13.1 Å². The molecule has 2 rings (SSSR count). The van der Waals surface area contributed by atoms with Crippen LogP contribution in [0.2, 0.25) is 0 Å². The van der Waals surface area contributed by atoms with Gasteiger partial charge < -0.3 is 14.6 Å². The Balaban J connectivity index is 1.91. The average Bonchev–Trinajstić information content (AvgIpc) is 3.04. The van der Waals surface area contributed by atoms with Gasteiger partial charge in [-0.3, -0.25) is 9.59 Å². The standard InChI is InChI=1S/C20H26N2O3/c1-4-12-22(20(24)18-11-14-25-16(18)3)13-10-19(23)21-15(2)17-8-6-5-7-9-17/h5-9,11,14-15H,4,10,12-13H2,1-3H3,(H,21,23). The molecule has 25 heavy (non-hydrogen) atoms. The summed E-state index contributed by atoms with van der Waals surface area (Å²) in [4.78, 5) is 26.6. The number of aryl methyl sites for hydroxylation is 1. The highest BCUT2D eigenvalue weighted by molar-refractivity contribution is 5.95. The first kappa shape index (κ1) is 18.8. The summed E-state index contributed by atoms with van der Waals surface area (Å²) in [6, 6.07) is 11.4. The van der Waals surface area contributed by atoms with Gasteiger partial charge in [0.15, 0.2) is 0 Å². The summed E-state index contributed by atoms with van der Waals surface area (Å²) >= 11 is 0. The van der Waals surface area contributed by atoms with Gasteiger partial charge in [0, 0.05) is 19.5 Å². The molecule has 0 radical (unpaired) electrons. The summed E-state index contributed by atoms with van der Waals surface area (Å²) < 4.78 is 5.21. The minimum absolute atomic E-state index is 0.0554. The molecule has 0 spiro atoms. The first-order valence-corrected chi connectivity index (χ1v) is 8.70. The van der Waals surface area contributed by atoms with Gasteiger partial charge in [-0.05, 0) is 31.9 Å². The largest absolute Gasteiger partial charge is 0.469 e. The number of nitrogens with one attached hydrogen (secondary N) is 1. The fraction of sp³-hybridized carbons (Fsp3) is 0.400. The molecule has 0 aliphatic carbocycles. The first-order chi connectivity index (χ1) is 12.0. The molecule has 0 fully saturated rings. The third kappa shape index (κ3) is 5.21. The topological polar surface area (TPSA) is 62.6 Å². The monoisotopic (exact) mass is 342 g/mol. The number of carbonyl (C=O) groups excluding carboxylic acids is 2. The summed E-state index contributed by atoms with van der Waals surface area (Å²) in [6.45, 7) is 6.75. The van der Waals surface area contributed by atoms with E-state index in [1.54, 1.807) is 17.9 Å². The molecule has 1 N–H and O–H groups in total. The van der Waals surface area contributed by atoms with Crippen LogP contribution >= 0.6 is 0 Å². The summed E-state index contributed by atoms with van der Waals surface area (Å²) in [6.07, 6.45) is 2.63. The normalized spacial score (nSPS) is 11.8. The third-order valence-corrected chi connectivity index (χ3v) is 4.16. The van der Waals surface area contributed by atoms with Crippen molar-refractivity contribution >= 4 is 11.8 Å². The number of nitrogens with zero attached hydrogens (tertiary/aromatic N) is 1. The Kier molecular flexibility index (Phi) is 6.81. The van der Waals surface area contributed by atoms with Crippen LogP contribution in [0.3, 0.4) is 0 Å². The van der Waals surface area contributed by atoms with Gasteiger partial charge in [-0.25, -0.2) is 0 Å². The highest BCUT2D eigenvalue weighted by Crippen LogP contribution is 2.14. The van der Waals surface area contributed by atoms with Crippen LogP contribution in [0.15, 0.2) is 47.1 Å². The summed E-state index contributed by atoms with van der Waals surface area (Å²) in [5.74, 6) is 0.458. The Morgan fingerprint density at radius 3 is 2.48 bits per heavy atom. The zero-order valence-corrected chi connectivity index (χ0v) is 15.1. The maximum atomic E-state index is 12.6. The molecule has 1 aromatic carbocycles.